The van der Waals surface area contributed by atoms with E-state index in [0.29, 0.717) is 6.54 Å². The summed E-state index contributed by atoms with van der Waals surface area (Å²) >= 11 is 0. The first-order valence-electron chi connectivity index (χ1n) is 8.45. The molecule has 5 heteroatoms. The van der Waals surface area contributed by atoms with Crippen LogP contribution in [0.5, 0.6) is 11.5 Å². The molecule has 1 heterocycles. The Morgan fingerprint density at radius 3 is 2.40 bits per heavy atom. The minimum absolute atomic E-state index is 0.101. The molecule has 132 valence electrons. The molecule has 1 unspecified atom stereocenters. The van der Waals surface area contributed by atoms with Gasteiger partial charge in [-0.25, -0.2) is 0 Å². The van der Waals surface area contributed by atoms with Crippen molar-refractivity contribution in [3.63, 3.8) is 0 Å². The lowest BCUT2D eigenvalue weighted by molar-refractivity contribution is -0.125. The van der Waals surface area contributed by atoms with Crippen molar-refractivity contribution in [3.05, 3.63) is 54.1 Å². The lowest BCUT2D eigenvalue weighted by atomic mass is 10.1. The average Bonchev–Trinajstić information content (AvgIpc) is 2.66. The van der Waals surface area contributed by atoms with Crippen LogP contribution in [0.2, 0.25) is 0 Å². The number of anilines is 1. The molecular weight excluding hydrogens is 316 g/mol. The third-order valence-electron chi connectivity index (χ3n) is 4.70. The first-order chi connectivity index (χ1) is 12.1. The number of hydrogen-bond acceptors (Lipinski definition) is 4. The first kappa shape index (κ1) is 17.3. The Morgan fingerprint density at radius 1 is 1.00 bits per heavy atom. The van der Waals surface area contributed by atoms with E-state index in [9.17, 15) is 4.79 Å². The van der Waals surface area contributed by atoms with Gasteiger partial charge in [0, 0.05) is 19.6 Å². The number of amides is 1. The minimum Gasteiger partial charge on any atom is -0.497 e. The van der Waals surface area contributed by atoms with Gasteiger partial charge in [-0.3, -0.25) is 9.69 Å². The highest BCUT2D eigenvalue weighted by Crippen LogP contribution is 2.30. The highest BCUT2D eigenvalue weighted by Gasteiger charge is 2.33. The van der Waals surface area contributed by atoms with Gasteiger partial charge < -0.3 is 14.4 Å². The molecule has 0 aliphatic carbocycles. The normalized spacial score (nSPS) is 18.3. The summed E-state index contributed by atoms with van der Waals surface area (Å²) in [5.41, 5.74) is 2.01. The van der Waals surface area contributed by atoms with E-state index in [1.165, 1.54) is 5.56 Å². The quantitative estimate of drug-likeness (QED) is 0.839. The van der Waals surface area contributed by atoms with Crippen LogP contribution in [-0.4, -0.2) is 44.2 Å². The Hall–Kier alpha value is -2.53. The molecule has 1 fully saturated rings. The topological polar surface area (TPSA) is 42.0 Å². The molecular formula is C20H24N2O3. The number of para-hydroxylation sites is 2. The maximum atomic E-state index is 12.9. The van der Waals surface area contributed by atoms with Gasteiger partial charge in [0.05, 0.1) is 25.9 Å². The van der Waals surface area contributed by atoms with Crippen LogP contribution >= 0.6 is 0 Å². The second-order valence-electron chi connectivity index (χ2n) is 6.16. The molecule has 0 bridgehead atoms. The summed E-state index contributed by atoms with van der Waals surface area (Å²) in [5, 5.41) is 0. The molecule has 0 radical (unpaired) electrons. The fraction of sp³-hybridized carbons (Fsp3) is 0.350. The van der Waals surface area contributed by atoms with E-state index >= 15 is 0 Å². The number of hydrogen-bond donors (Lipinski definition) is 0. The van der Waals surface area contributed by atoms with Gasteiger partial charge in [-0.1, -0.05) is 24.3 Å². The third kappa shape index (κ3) is 3.61. The van der Waals surface area contributed by atoms with Crippen molar-refractivity contribution in [3.8, 4) is 11.5 Å². The second kappa shape index (κ2) is 7.57. The molecule has 2 aromatic carbocycles. The highest BCUT2D eigenvalue weighted by molar-refractivity contribution is 5.98. The fourth-order valence-electron chi connectivity index (χ4n) is 3.19. The molecule has 1 amide bonds. The number of methoxy groups -OCH3 is 2. The average molecular weight is 340 g/mol. The van der Waals surface area contributed by atoms with Crippen LogP contribution in [0, 0.1) is 0 Å². The van der Waals surface area contributed by atoms with Gasteiger partial charge in [-0.2, -0.15) is 0 Å². The van der Waals surface area contributed by atoms with Crippen LogP contribution in [0.4, 0.5) is 5.69 Å². The van der Waals surface area contributed by atoms with Crippen LogP contribution in [0.25, 0.3) is 0 Å². The van der Waals surface area contributed by atoms with Gasteiger partial charge in [0.15, 0.2) is 0 Å². The number of nitrogens with zero attached hydrogens (tertiary/aromatic N) is 2. The van der Waals surface area contributed by atoms with E-state index in [2.05, 4.69) is 4.90 Å². The molecule has 5 nitrogen and oxygen atoms in total. The lowest BCUT2D eigenvalue weighted by Crippen LogP contribution is -2.55. The van der Waals surface area contributed by atoms with E-state index in [4.69, 9.17) is 9.47 Å². The van der Waals surface area contributed by atoms with Gasteiger partial charge in [0.2, 0.25) is 5.91 Å². The van der Waals surface area contributed by atoms with E-state index in [1.54, 1.807) is 14.2 Å². The number of carbonyl (C=O) groups is 1. The largest absolute Gasteiger partial charge is 0.497 e. The van der Waals surface area contributed by atoms with Gasteiger partial charge in [-0.15, -0.1) is 0 Å². The SMILES string of the molecule is COc1ccc(CN2CCN(c3ccccc3OC)C(=O)C2C)cc1. The molecule has 1 atom stereocenters. The predicted molar refractivity (Wildman–Crippen MR) is 98.2 cm³/mol. The van der Waals surface area contributed by atoms with Gasteiger partial charge in [-0.05, 0) is 36.8 Å². The number of ether oxygens (including phenoxy) is 2. The van der Waals surface area contributed by atoms with Gasteiger partial charge in [0.1, 0.15) is 11.5 Å². The van der Waals surface area contributed by atoms with Crippen molar-refractivity contribution in [2.24, 2.45) is 0 Å². The van der Waals surface area contributed by atoms with E-state index in [1.807, 2.05) is 60.4 Å². The third-order valence-corrected chi connectivity index (χ3v) is 4.70. The minimum atomic E-state index is -0.180. The molecule has 1 aliphatic rings. The Labute approximate surface area is 148 Å². The van der Waals surface area contributed by atoms with Gasteiger partial charge >= 0.3 is 0 Å². The summed E-state index contributed by atoms with van der Waals surface area (Å²) < 4.78 is 10.6. The molecule has 1 aliphatic heterocycles. The first-order valence-corrected chi connectivity index (χ1v) is 8.45. The van der Waals surface area contributed by atoms with Crippen molar-refractivity contribution < 1.29 is 14.3 Å². The van der Waals surface area contributed by atoms with Gasteiger partial charge in [0.25, 0.3) is 0 Å². The summed E-state index contributed by atoms with van der Waals surface area (Å²) in [6, 6.07) is 15.5. The standard InChI is InChI=1S/C20H24N2O3/c1-15-20(23)22(18-6-4-5-7-19(18)25-3)13-12-21(15)14-16-8-10-17(24-2)11-9-16/h4-11,15H,12-14H2,1-3H3. The van der Waals surface area contributed by atoms with E-state index < -0.39 is 0 Å². The van der Waals surface area contributed by atoms with Crippen molar-refractivity contribution in [2.75, 3.05) is 32.2 Å². The van der Waals surface area contributed by atoms with E-state index in [0.717, 1.165) is 30.3 Å². The van der Waals surface area contributed by atoms with Crippen molar-refractivity contribution in [1.29, 1.82) is 0 Å². The van der Waals surface area contributed by atoms with Crippen LogP contribution in [-0.2, 0) is 11.3 Å². The molecule has 0 saturated carbocycles. The Kier molecular flexibility index (Phi) is 5.24. The monoisotopic (exact) mass is 340 g/mol. The lowest BCUT2D eigenvalue weighted by Gasteiger charge is -2.39. The van der Waals surface area contributed by atoms with Crippen LogP contribution in [0.15, 0.2) is 48.5 Å². The van der Waals surface area contributed by atoms with Crippen molar-refractivity contribution in [1.82, 2.24) is 4.90 Å². The van der Waals surface area contributed by atoms with Crippen molar-refractivity contribution >= 4 is 11.6 Å². The van der Waals surface area contributed by atoms with Crippen LogP contribution in [0.3, 0.4) is 0 Å². The smallest absolute Gasteiger partial charge is 0.244 e. The highest BCUT2D eigenvalue weighted by atomic mass is 16.5. The molecule has 0 aromatic heterocycles. The Morgan fingerprint density at radius 2 is 1.72 bits per heavy atom. The fourth-order valence-corrected chi connectivity index (χ4v) is 3.19. The molecule has 2 aromatic rings. The maximum absolute atomic E-state index is 12.9. The van der Waals surface area contributed by atoms with Crippen LogP contribution < -0.4 is 14.4 Å². The maximum Gasteiger partial charge on any atom is 0.244 e. The number of carbonyl (C=O) groups excluding carboxylic acids is 1. The van der Waals surface area contributed by atoms with Crippen molar-refractivity contribution in [2.45, 2.75) is 19.5 Å². The summed E-state index contributed by atoms with van der Waals surface area (Å²) in [4.78, 5) is 16.9. The van der Waals surface area contributed by atoms with Crippen LogP contribution in [0.1, 0.15) is 12.5 Å². The predicted octanol–water partition coefficient (Wildman–Crippen LogP) is 2.94. The van der Waals surface area contributed by atoms with E-state index in [-0.39, 0.29) is 11.9 Å². The number of piperazine rings is 1. The summed E-state index contributed by atoms with van der Waals surface area (Å²) in [5.74, 6) is 1.67. The zero-order valence-electron chi connectivity index (χ0n) is 14.9. The zero-order chi connectivity index (χ0) is 17.8. The molecule has 25 heavy (non-hydrogen) atoms. The molecule has 0 spiro atoms. The Bertz CT molecular complexity index is 730. The summed E-state index contributed by atoms with van der Waals surface area (Å²) in [7, 11) is 3.29. The second-order valence-corrected chi connectivity index (χ2v) is 6.16. The summed E-state index contributed by atoms with van der Waals surface area (Å²) in [6.07, 6.45) is 0. The molecule has 3 rings (SSSR count). The summed E-state index contributed by atoms with van der Waals surface area (Å²) in [6.45, 7) is 4.18. The zero-order valence-corrected chi connectivity index (χ0v) is 14.9. The molecule has 0 N–H and O–H groups in total. The molecule has 1 saturated heterocycles. The Balaban J connectivity index is 1.72. The number of rotatable bonds is 5. The number of benzene rings is 2.